The molecule has 2 rings (SSSR count). The number of carbonyl (C=O) groups excluding carboxylic acids is 2. The molecule has 1 atom stereocenters. The minimum atomic E-state index is -0.851. The largest absolute Gasteiger partial charge is 0.449 e. The van der Waals surface area contributed by atoms with Crippen LogP contribution < -0.4 is 5.32 Å². The molecule has 1 N–H and O–H groups in total. The minimum absolute atomic E-state index is 0.0717. The van der Waals surface area contributed by atoms with Crippen LogP contribution in [0.5, 0.6) is 0 Å². The molecule has 1 fully saturated rings. The summed E-state index contributed by atoms with van der Waals surface area (Å²) in [6, 6.07) is 3.30. The van der Waals surface area contributed by atoms with Crippen LogP contribution in [0.1, 0.15) is 49.4 Å². The zero-order valence-electron chi connectivity index (χ0n) is 12.0. The van der Waals surface area contributed by atoms with Gasteiger partial charge in [0.15, 0.2) is 6.10 Å². The summed E-state index contributed by atoms with van der Waals surface area (Å²) in [7, 11) is 0. The smallest absolute Gasteiger partial charge is 0.342 e. The van der Waals surface area contributed by atoms with Crippen LogP contribution >= 0.6 is 11.6 Å². The highest BCUT2D eigenvalue weighted by molar-refractivity contribution is 6.32. The van der Waals surface area contributed by atoms with Crippen LogP contribution in [-0.2, 0) is 9.53 Å². The van der Waals surface area contributed by atoms with Crippen LogP contribution in [0.15, 0.2) is 18.3 Å². The van der Waals surface area contributed by atoms with Crippen molar-refractivity contribution < 1.29 is 14.3 Å². The number of aromatic nitrogens is 1. The number of nitrogens with one attached hydrogen (secondary N) is 1. The first kappa shape index (κ1) is 15.8. The molecule has 1 heterocycles. The average molecular weight is 311 g/mol. The zero-order chi connectivity index (χ0) is 15.2. The fourth-order valence-corrected chi connectivity index (χ4v) is 2.58. The van der Waals surface area contributed by atoms with Crippen molar-refractivity contribution >= 4 is 23.5 Å². The third-order valence-electron chi connectivity index (χ3n) is 3.58. The highest BCUT2D eigenvalue weighted by atomic mass is 35.5. The summed E-state index contributed by atoms with van der Waals surface area (Å²) in [6.07, 6.45) is 6.08. The SMILES string of the molecule is CC(OC(=O)c1cccnc1Cl)C(=O)NC1CCCCC1. The molecule has 1 amide bonds. The third kappa shape index (κ3) is 4.43. The van der Waals surface area contributed by atoms with Crippen LogP contribution in [0.25, 0.3) is 0 Å². The number of hydrogen-bond acceptors (Lipinski definition) is 4. The lowest BCUT2D eigenvalue weighted by Gasteiger charge is -2.24. The van der Waals surface area contributed by atoms with Crippen molar-refractivity contribution in [2.75, 3.05) is 0 Å². The number of rotatable bonds is 4. The summed E-state index contributed by atoms with van der Waals surface area (Å²) in [6.45, 7) is 1.56. The van der Waals surface area contributed by atoms with Gasteiger partial charge in [0.1, 0.15) is 5.15 Å². The number of halogens is 1. The van der Waals surface area contributed by atoms with Gasteiger partial charge >= 0.3 is 5.97 Å². The molecule has 0 bridgehead atoms. The molecule has 1 saturated carbocycles. The van der Waals surface area contributed by atoms with E-state index in [1.807, 2.05) is 0 Å². The summed E-state index contributed by atoms with van der Waals surface area (Å²) in [5.74, 6) is -0.908. The molecule has 0 saturated heterocycles. The number of pyridine rings is 1. The number of esters is 1. The van der Waals surface area contributed by atoms with Crippen LogP contribution in [0.2, 0.25) is 5.15 Å². The Hall–Kier alpha value is -1.62. The van der Waals surface area contributed by atoms with E-state index < -0.39 is 12.1 Å². The van der Waals surface area contributed by atoms with Crippen LogP contribution in [0.4, 0.5) is 0 Å². The Labute approximate surface area is 129 Å². The molecule has 1 aliphatic rings. The van der Waals surface area contributed by atoms with Gasteiger partial charge in [0.2, 0.25) is 0 Å². The molecule has 0 spiro atoms. The molecule has 0 aromatic carbocycles. The molecular formula is C15H19ClN2O3. The van der Waals surface area contributed by atoms with Crippen molar-refractivity contribution in [2.45, 2.75) is 51.2 Å². The van der Waals surface area contributed by atoms with Crippen molar-refractivity contribution in [3.63, 3.8) is 0 Å². The van der Waals surface area contributed by atoms with Gasteiger partial charge in [-0.1, -0.05) is 30.9 Å². The summed E-state index contributed by atoms with van der Waals surface area (Å²) in [4.78, 5) is 27.8. The highest BCUT2D eigenvalue weighted by Crippen LogP contribution is 2.18. The van der Waals surface area contributed by atoms with E-state index in [4.69, 9.17) is 16.3 Å². The van der Waals surface area contributed by atoms with Crippen LogP contribution in [-0.4, -0.2) is 29.0 Å². The second-order valence-corrected chi connectivity index (χ2v) is 5.59. The monoisotopic (exact) mass is 310 g/mol. The maximum Gasteiger partial charge on any atom is 0.342 e. The van der Waals surface area contributed by atoms with E-state index in [-0.39, 0.29) is 22.7 Å². The maximum atomic E-state index is 12.0. The van der Waals surface area contributed by atoms with Crippen molar-refractivity contribution in [3.05, 3.63) is 29.0 Å². The van der Waals surface area contributed by atoms with Crippen molar-refractivity contribution in [3.8, 4) is 0 Å². The number of amides is 1. The number of ether oxygens (including phenoxy) is 1. The van der Waals surface area contributed by atoms with Crippen molar-refractivity contribution in [2.24, 2.45) is 0 Å². The molecule has 1 aromatic heterocycles. The average Bonchev–Trinajstić information content (AvgIpc) is 2.48. The van der Waals surface area contributed by atoms with E-state index in [9.17, 15) is 9.59 Å². The lowest BCUT2D eigenvalue weighted by atomic mass is 9.95. The molecule has 1 unspecified atom stereocenters. The normalized spacial score (nSPS) is 17.0. The van der Waals surface area contributed by atoms with Gasteiger partial charge in [-0.25, -0.2) is 9.78 Å². The summed E-state index contributed by atoms with van der Waals surface area (Å²) >= 11 is 5.83. The summed E-state index contributed by atoms with van der Waals surface area (Å²) in [5, 5.41) is 3.00. The lowest BCUT2D eigenvalue weighted by molar-refractivity contribution is -0.130. The van der Waals surface area contributed by atoms with Gasteiger partial charge in [-0.05, 0) is 31.9 Å². The van der Waals surface area contributed by atoms with Gasteiger partial charge in [-0.2, -0.15) is 0 Å². The Bertz CT molecular complexity index is 515. The quantitative estimate of drug-likeness (QED) is 0.686. The van der Waals surface area contributed by atoms with Gasteiger partial charge in [0.25, 0.3) is 5.91 Å². The molecule has 6 heteroatoms. The molecule has 1 aliphatic carbocycles. The Morgan fingerprint density at radius 2 is 2.10 bits per heavy atom. The predicted octanol–water partition coefficient (Wildman–Crippen LogP) is 2.73. The van der Waals surface area contributed by atoms with Gasteiger partial charge < -0.3 is 10.1 Å². The summed E-state index contributed by atoms with van der Waals surface area (Å²) < 4.78 is 5.15. The van der Waals surface area contributed by atoms with Gasteiger partial charge in [-0.3, -0.25) is 4.79 Å². The van der Waals surface area contributed by atoms with E-state index in [1.54, 1.807) is 13.0 Å². The van der Waals surface area contributed by atoms with Crippen molar-refractivity contribution in [1.82, 2.24) is 10.3 Å². The van der Waals surface area contributed by atoms with Gasteiger partial charge in [-0.15, -0.1) is 0 Å². The molecule has 0 radical (unpaired) electrons. The first-order valence-electron chi connectivity index (χ1n) is 7.20. The van der Waals surface area contributed by atoms with Gasteiger partial charge in [0, 0.05) is 12.2 Å². The minimum Gasteiger partial charge on any atom is -0.449 e. The topological polar surface area (TPSA) is 68.3 Å². The highest BCUT2D eigenvalue weighted by Gasteiger charge is 2.23. The Balaban J connectivity index is 1.88. The standard InChI is InChI=1S/C15H19ClN2O3/c1-10(14(19)18-11-6-3-2-4-7-11)21-15(20)12-8-5-9-17-13(12)16/h5,8-11H,2-4,6-7H2,1H3,(H,18,19). The maximum absolute atomic E-state index is 12.0. The van der Waals surface area contributed by atoms with E-state index in [0.717, 1.165) is 25.7 Å². The second-order valence-electron chi connectivity index (χ2n) is 5.23. The number of hydrogen-bond donors (Lipinski definition) is 1. The van der Waals surface area contributed by atoms with E-state index in [1.165, 1.54) is 18.7 Å². The molecule has 1 aromatic rings. The Morgan fingerprint density at radius 1 is 1.38 bits per heavy atom. The van der Waals surface area contributed by atoms with Crippen LogP contribution in [0.3, 0.4) is 0 Å². The molecule has 21 heavy (non-hydrogen) atoms. The fraction of sp³-hybridized carbons (Fsp3) is 0.533. The fourth-order valence-electron chi connectivity index (χ4n) is 2.38. The number of nitrogens with zero attached hydrogens (tertiary/aromatic N) is 1. The first-order chi connectivity index (χ1) is 10.1. The predicted molar refractivity (Wildman–Crippen MR) is 79.1 cm³/mol. The number of carbonyl (C=O) groups is 2. The third-order valence-corrected chi connectivity index (χ3v) is 3.88. The molecule has 114 valence electrons. The lowest BCUT2D eigenvalue weighted by Crippen LogP contribution is -2.42. The van der Waals surface area contributed by atoms with Gasteiger partial charge in [0.05, 0.1) is 5.56 Å². The Morgan fingerprint density at radius 3 is 2.76 bits per heavy atom. The Kier molecular flexibility index (Phi) is 5.56. The molecular weight excluding hydrogens is 292 g/mol. The van der Waals surface area contributed by atoms with E-state index in [2.05, 4.69) is 10.3 Å². The van der Waals surface area contributed by atoms with E-state index >= 15 is 0 Å². The first-order valence-corrected chi connectivity index (χ1v) is 7.57. The summed E-state index contributed by atoms with van der Waals surface area (Å²) in [5.41, 5.74) is 0.163. The van der Waals surface area contributed by atoms with E-state index in [0.29, 0.717) is 0 Å². The molecule has 5 nitrogen and oxygen atoms in total. The molecule has 0 aliphatic heterocycles. The second kappa shape index (κ2) is 7.41. The van der Waals surface area contributed by atoms with Crippen LogP contribution in [0, 0.1) is 0 Å². The zero-order valence-corrected chi connectivity index (χ0v) is 12.7. The van der Waals surface area contributed by atoms with Crippen molar-refractivity contribution in [1.29, 1.82) is 0 Å².